The van der Waals surface area contributed by atoms with Crippen molar-refractivity contribution in [3.8, 4) is 0 Å². The lowest BCUT2D eigenvalue weighted by atomic mass is 10.0. The molecular weight excluding hydrogens is 288 g/mol. The molecule has 1 atom stereocenters. The number of piperidine rings is 1. The lowest BCUT2D eigenvalue weighted by Gasteiger charge is -2.22. The van der Waals surface area contributed by atoms with Gasteiger partial charge in [-0.3, -0.25) is 0 Å². The summed E-state index contributed by atoms with van der Waals surface area (Å²) in [5.41, 5.74) is 1.08. The topological polar surface area (TPSA) is 67.4 Å². The predicted octanol–water partition coefficient (Wildman–Crippen LogP) is 1.15. The Hall–Kier alpha value is -0.950. The molecule has 2 N–H and O–H groups in total. The van der Waals surface area contributed by atoms with Crippen LogP contribution in [0.5, 0.6) is 0 Å². The largest absolute Gasteiger partial charge is 0.384 e. The summed E-state index contributed by atoms with van der Waals surface area (Å²) in [5, 5.41) is 3.29. The van der Waals surface area contributed by atoms with Crippen LogP contribution in [0.4, 0.5) is 0 Å². The van der Waals surface area contributed by atoms with Crippen molar-refractivity contribution < 1.29 is 13.2 Å². The summed E-state index contributed by atoms with van der Waals surface area (Å²) in [6.45, 7) is 3.06. The third-order valence-electron chi connectivity index (χ3n) is 3.79. The van der Waals surface area contributed by atoms with Crippen LogP contribution in [0.3, 0.4) is 0 Å². The first kappa shape index (κ1) is 16.4. The Balaban J connectivity index is 1.91. The molecule has 6 heteroatoms. The van der Waals surface area contributed by atoms with Crippen molar-refractivity contribution in [2.45, 2.75) is 24.2 Å². The van der Waals surface area contributed by atoms with Crippen LogP contribution in [0.2, 0.25) is 0 Å². The van der Waals surface area contributed by atoms with Crippen molar-refractivity contribution in [2.75, 3.05) is 33.4 Å². The summed E-state index contributed by atoms with van der Waals surface area (Å²) < 4.78 is 32.2. The van der Waals surface area contributed by atoms with E-state index in [0.717, 1.165) is 37.9 Å². The van der Waals surface area contributed by atoms with E-state index in [-0.39, 0.29) is 0 Å². The predicted molar refractivity (Wildman–Crippen MR) is 82.8 cm³/mol. The molecule has 2 rings (SSSR count). The Kier molecular flexibility index (Phi) is 6.17. The molecule has 1 saturated heterocycles. The number of hydrogen-bond acceptors (Lipinski definition) is 4. The number of sulfonamides is 1. The highest BCUT2D eigenvalue weighted by molar-refractivity contribution is 7.89. The molecule has 1 heterocycles. The maximum absolute atomic E-state index is 12.2. The lowest BCUT2D eigenvalue weighted by Crippen LogP contribution is -2.38. The van der Waals surface area contributed by atoms with Crippen molar-refractivity contribution >= 4 is 10.0 Å². The van der Waals surface area contributed by atoms with Crippen LogP contribution < -0.4 is 10.0 Å². The van der Waals surface area contributed by atoms with Crippen LogP contribution in [-0.2, 0) is 21.2 Å². The van der Waals surface area contributed by atoms with Gasteiger partial charge >= 0.3 is 0 Å². The average molecular weight is 312 g/mol. The Labute approximate surface area is 127 Å². The van der Waals surface area contributed by atoms with Crippen molar-refractivity contribution in [1.82, 2.24) is 10.0 Å². The van der Waals surface area contributed by atoms with E-state index >= 15 is 0 Å². The molecule has 0 aromatic heterocycles. The monoisotopic (exact) mass is 312 g/mol. The van der Waals surface area contributed by atoms with E-state index in [0.29, 0.717) is 24.0 Å². The minimum atomic E-state index is -3.41. The normalized spacial score (nSPS) is 19.6. The standard InChI is InChI=1S/C15H24N2O3S/c1-20-10-8-13-4-6-15(7-5-13)21(18,19)17-12-14-3-2-9-16-11-14/h4-7,14,16-17H,2-3,8-12H2,1H3. The molecule has 1 aromatic carbocycles. The van der Waals surface area contributed by atoms with Gasteiger partial charge in [0, 0.05) is 13.7 Å². The Morgan fingerprint density at radius 1 is 1.33 bits per heavy atom. The minimum absolute atomic E-state index is 0.326. The number of methoxy groups -OCH3 is 1. The van der Waals surface area contributed by atoms with Crippen LogP contribution in [0, 0.1) is 5.92 Å². The van der Waals surface area contributed by atoms with Gasteiger partial charge in [-0.1, -0.05) is 12.1 Å². The molecule has 1 aromatic rings. The van der Waals surface area contributed by atoms with Crippen LogP contribution >= 0.6 is 0 Å². The molecule has 1 aliphatic heterocycles. The van der Waals surface area contributed by atoms with Gasteiger partial charge in [-0.05, 0) is 56.0 Å². The highest BCUT2D eigenvalue weighted by Gasteiger charge is 2.18. The number of benzene rings is 1. The quantitative estimate of drug-likeness (QED) is 0.793. The van der Waals surface area contributed by atoms with E-state index in [4.69, 9.17) is 4.74 Å². The fourth-order valence-electron chi connectivity index (χ4n) is 2.46. The Bertz CT molecular complexity index is 522. The first-order valence-electron chi connectivity index (χ1n) is 7.40. The lowest BCUT2D eigenvalue weighted by molar-refractivity contribution is 0.202. The summed E-state index contributed by atoms with van der Waals surface area (Å²) in [6, 6.07) is 7.00. The molecule has 0 saturated carbocycles. The second kappa shape index (κ2) is 7.89. The summed E-state index contributed by atoms with van der Waals surface area (Å²) >= 11 is 0. The Morgan fingerprint density at radius 3 is 2.71 bits per heavy atom. The minimum Gasteiger partial charge on any atom is -0.384 e. The van der Waals surface area contributed by atoms with E-state index < -0.39 is 10.0 Å². The van der Waals surface area contributed by atoms with Crippen molar-refractivity contribution in [2.24, 2.45) is 5.92 Å². The molecule has 1 unspecified atom stereocenters. The van der Waals surface area contributed by atoms with Crippen LogP contribution in [0.25, 0.3) is 0 Å². The highest BCUT2D eigenvalue weighted by atomic mass is 32.2. The fraction of sp³-hybridized carbons (Fsp3) is 0.600. The van der Waals surface area contributed by atoms with Gasteiger partial charge in [-0.25, -0.2) is 13.1 Å². The fourth-order valence-corrected chi connectivity index (χ4v) is 3.58. The van der Waals surface area contributed by atoms with Gasteiger partial charge in [0.25, 0.3) is 0 Å². The first-order valence-corrected chi connectivity index (χ1v) is 8.88. The van der Waals surface area contributed by atoms with E-state index in [1.165, 1.54) is 0 Å². The van der Waals surface area contributed by atoms with E-state index in [9.17, 15) is 8.42 Å². The van der Waals surface area contributed by atoms with Crippen LogP contribution in [0.1, 0.15) is 18.4 Å². The van der Waals surface area contributed by atoms with Gasteiger partial charge in [0.2, 0.25) is 10.0 Å². The third-order valence-corrected chi connectivity index (χ3v) is 5.23. The zero-order chi connectivity index (χ0) is 15.1. The molecular formula is C15H24N2O3S. The molecule has 0 bridgehead atoms. The third kappa shape index (κ3) is 5.07. The van der Waals surface area contributed by atoms with Gasteiger partial charge in [0.1, 0.15) is 0 Å². The molecule has 21 heavy (non-hydrogen) atoms. The number of rotatable bonds is 7. The summed E-state index contributed by atoms with van der Waals surface area (Å²) in [5.74, 6) is 0.384. The second-order valence-corrected chi connectivity index (χ2v) is 7.22. The molecule has 5 nitrogen and oxygen atoms in total. The molecule has 118 valence electrons. The molecule has 1 aliphatic rings. The van der Waals surface area contributed by atoms with E-state index in [1.54, 1.807) is 19.2 Å². The van der Waals surface area contributed by atoms with E-state index in [1.807, 2.05) is 12.1 Å². The number of ether oxygens (including phenoxy) is 1. The molecule has 0 amide bonds. The van der Waals surface area contributed by atoms with Gasteiger partial charge in [-0.15, -0.1) is 0 Å². The number of nitrogens with one attached hydrogen (secondary N) is 2. The van der Waals surface area contributed by atoms with Crippen LogP contribution in [-0.4, -0.2) is 41.8 Å². The average Bonchev–Trinajstić information content (AvgIpc) is 2.52. The maximum atomic E-state index is 12.2. The Morgan fingerprint density at radius 2 is 2.10 bits per heavy atom. The summed E-state index contributed by atoms with van der Waals surface area (Å²) in [7, 11) is -1.75. The first-order chi connectivity index (χ1) is 10.1. The van der Waals surface area contributed by atoms with Crippen molar-refractivity contribution in [3.05, 3.63) is 29.8 Å². The van der Waals surface area contributed by atoms with E-state index in [2.05, 4.69) is 10.0 Å². The van der Waals surface area contributed by atoms with Gasteiger partial charge in [0.05, 0.1) is 11.5 Å². The molecule has 0 radical (unpaired) electrons. The van der Waals surface area contributed by atoms with Crippen molar-refractivity contribution in [3.63, 3.8) is 0 Å². The summed E-state index contributed by atoms with van der Waals surface area (Å²) in [4.78, 5) is 0.326. The maximum Gasteiger partial charge on any atom is 0.240 e. The molecule has 0 aliphatic carbocycles. The number of hydrogen-bond donors (Lipinski definition) is 2. The zero-order valence-corrected chi connectivity index (χ0v) is 13.3. The SMILES string of the molecule is COCCc1ccc(S(=O)(=O)NCC2CCCNC2)cc1. The van der Waals surface area contributed by atoms with Gasteiger partial charge < -0.3 is 10.1 Å². The summed E-state index contributed by atoms with van der Waals surface area (Å²) in [6.07, 6.45) is 2.98. The highest BCUT2D eigenvalue weighted by Crippen LogP contribution is 2.13. The zero-order valence-electron chi connectivity index (χ0n) is 12.5. The van der Waals surface area contributed by atoms with Gasteiger partial charge in [-0.2, -0.15) is 0 Å². The van der Waals surface area contributed by atoms with Crippen molar-refractivity contribution in [1.29, 1.82) is 0 Å². The van der Waals surface area contributed by atoms with Crippen LogP contribution in [0.15, 0.2) is 29.2 Å². The smallest absolute Gasteiger partial charge is 0.240 e. The van der Waals surface area contributed by atoms with Gasteiger partial charge in [0.15, 0.2) is 0 Å². The molecule has 1 fully saturated rings. The molecule has 0 spiro atoms. The second-order valence-electron chi connectivity index (χ2n) is 5.45.